The minimum atomic E-state index is -0.758. The van der Waals surface area contributed by atoms with Crippen molar-refractivity contribution in [2.45, 2.75) is 25.0 Å². The number of thioether (sulfide) groups is 1. The van der Waals surface area contributed by atoms with E-state index in [4.69, 9.17) is 9.15 Å². The molecule has 0 saturated heterocycles. The number of hydrogen-bond acceptors (Lipinski definition) is 8. The minimum absolute atomic E-state index is 0.202. The molecule has 0 saturated carbocycles. The van der Waals surface area contributed by atoms with Gasteiger partial charge in [0.05, 0.1) is 24.1 Å². The first kappa shape index (κ1) is 20.7. The van der Waals surface area contributed by atoms with Gasteiger partial charge in [0.2, 0.25) is 5.16 Å². The predicted molar refractivity (Wildman–Crippen MR) is 111 cm³/mol. The molecule has 2 N–H and O–H groups in total. The number of benzene rings is 1. The smallest absolute Gasteiger partial charge is 0.338 e. The molecule has 31 heavy (non-hydrogen) atoms. The molecule has 3 heterocycles. The van der Waals surface area contributed by atoms with Gasteiger partial charge in [0.25, 0.3) is 0 Å². The molecular weight excluding hydrogens is 420 g/mol. The molecule has 160 valence electrons. The Morgan fingerprint density at radius 3 is 2.94 bits per heavy atom. The standard InChI is InChI=1S/C20H20N6O4S/c1-3-29-18(27)16-14(21-19(28)22-17(16)15-8-5-9-30-15)11-31-20-23-24-25-26(20)13-7-4-6-12(2)10-13/h4-10,17H,3,11H2,1-2H3,(H2,21,22,28)/t17-/m1/s1. The van der Waals surface area contributed by atoms with Crippen LogP contribution in [0.5, 0.6) is 0 Å². The number of nitrogens with zero attached hydrogens (tertiary/aromatic N) is 4. The van der Waals surface area contributed by atoms with Gasteiger partial charge in [-0.05, 0) is 54.1 Å². The average Bonchev–Trinajstić information content (AvgIpc) is 3.44. The van der Waals surface area contributed by atoms with Crippen molar-refractivity contribution in [2.75, 3.05) is 12.4 Å². The second-order valence-corrected chi connectivity index (χ2v) is 7.60. The zero-order chi connectivity index (χ0) is 21.8. The van der Waals surface area contributed by atoms with Gasteiger partial charge in [-0.25, -0.2) is 9.59 Å². The van der Waals surface area contributed by atoms with Gasteiger partial charge in [0.1, 0.15) is 11.8 Å². The van der Waals surface area contributed by atoms with Crippen molar-refractivity contribution >= 4 is 23.8 Å². The zero-order valence-electron chi connectivity index (χ0n) is 16.9. The Morgan fingerprint density at radius 2 is 2.19 bits per heavy atom. The number of tetrazole rings is 1. The van der Waals surface area contributed by atoms with Crippen LogP contribution < -0.4 is 10.6 Å². The van der Waals surface area contributed by atoms with Crippen molar-refractivity contribution in [2.24, 2.45) is 0 Å². The van der Waals surface area contributed by atoms with Crippen LogP contribution in [0.4, 0.5) is 4.79 Å². The fourth-order valence-electron chi connectivity index (χ4n) is 3.18. The van der Waals surface area contributed by atoms with Crippen LogP contribution in [0.1, 0.15) is 24.3 Å². The summed E-state index contributed by atoms with van der Waals surface area (Å²) in [5.74, 6) is 0.139. The van der Waals surface area contributed by atoms with E-state index in [-0.39, 0.29) is 17.9 Å². The molecule has 0 spiro atoms. The van der Waals surface area contributed by atoms with Gasteiger partial charge in [-0.15, -0.1) is 5.10 Å². The Labute approximate surface area is 182 Å². The maximum atomic E-state index is 12.7. The van der Waals surface area contributed by atoms with Gasteiger partial charge in [-0.3, -0.25) is 0 Å². The van der Waals surface area contributed by atoms with Crippen LogP contribution in [0, 0.1) is 6.92 Å². The summed E-state index contributed by atoms with van der Waals surface area (Å²) in [6.45, 7) is 3.91. The quantitative estimate of drug-likeness (QED) is 0.424. The highest BCUT2D eigenvalue weighted by molar-refractivity contribution is 7.99. The second kappa shape index (κ2) is 9.04. The molecule has 0 fully saturated rings. The highest BCUT2D eigenvalue weighted by atomic mass is 32.2. The highest BCUT2D eigenvalue weighted by Crippen LogP contribution is 2.30. The lowest BCUT2D eigenvalue weighted by atomic mass is 10.0. The fourth-order valence-corrected chi connectivity index (χ4v) is 4.04. The van der Waals surface area contributed by atoms with Crippen LogP contribution >= 0.6 is 11.8 Å². The number of carbonyl (C=O) groups excluding carboxylic acids is 2. The van der Waals surface area contributed by atoms with Crippen molar-refractivity contribution in [3.63, 3.8) is 0 Å². The van der Waals surface area contributed by atoms with E-state index < -0.39 is 18.0 Å². The molecule has 1 aliphatic rings. The minimum Gasteiger partial charge on any atom is -0.467 e. The average molecular weight is 440 g/mol. The number of amides is 2. The molecule has 11 heteroatoms. The van der Waals surface area contributed by atoms with E-state index in [1.807, 2.05) is 31.2 Å². The normalized spacial score (nSPS) is 16.1. The molecule has 3 aromatic rings. The number of furan rings is 1. The molecule has 4 rings (SSSR count). The SMILES string of the molecule is CCOC(=O)C1=C(CSc2nnnn2-c2cccc(C)c2)NC(=O)N[C@@H]1c1ccco1. The maximum absolute atomic E-state index is 12.7. The van der Waals surface area contributed by atoms with Gasteiger partial charge in [-0.2, -0.15) is 4.68 Å². The Morgan fingerprint density at radius 1 is 1.32 bits per heavy atom. The molecule has 0 radical (unpaired) electrons. The van der Waals surface area contributed by atoms with E-state index in [0.29, 0.717) is 16.6 Å². The first-order valence-electron chi connectivity index (χ1n) is 9.56. The fraction of sp³-hybridized carbons (Fsp3) is 0.250. The Balaban J connectivity index is 1.65. The van der Waals surface area contributed by atoms with Crippen LogP contribution in [0.15, 0.2) is 63.5 Å². The van der Waals surface area contributed by atoms with Gasteiger partial charge >= 0.3 is 12.0 Å². The third-order valence-corrected chi connectivity index (χ3v) is 5.46. The number of urea groups is 1. The number of nitrogens with one attached hydrogen (secondary N) is 2. The van der Waals surface area contributed by atoms with Gasteiger partial charge in [0.15, 0.2) is 0 Å². The molecule has 0 unspecified atom stereocenters. The van der Waals surface area contributed by atoms with Crippen molar-refractivity contribution in [3.05, 3.63) is 65.3 Å². The number of esters is 1. The first-order chi connectivity index (χ1) is 15.1. The third-order valence-electron chi connectivity index (χ3n) is 4.51. The molecule has 0 bridgehead atoms. The summed E-state index contributed by atoms with van der Waals surface area (Å²) in [6, 6.07) is 9.95. The van der Waals surface area contributed by atoms with Gasteiger partial charge in [-0.1, -0.05) is 23.9 Å². The molecule has 2 aromatic heterocycles. The van der Waals surface area contributed by atoms with E-state index in [1.54, 1.807) is 23.7 Å². The summed E-state index contributed by atoms with van der Waals surface area (Å²) in [7, 11) is 0. The van der Waals surface area contributed by atoms with E-state index in [0.717, 1.165) is 11.3 Å². The van der Waals surface area contributed by atoms with E-state index in [1.165, 1.54) is 18.0 Å². The summed E-state index contributed by atoms with van der Waals surface area (Å²) in [5, 5.41) is 17.9. The number of ether oxygens (including phenoxy) is 1. The Kier molecular flexibility index (Phi) is 6.03. The zero-order valence-corrected chi connectivity index (χ0v) is 17.7. The number of hydrogen-bond donors (Lipinski definition) is 2. The summed E-state index contributed by atoms with van der Waals surface area (Å²) >= 11 is 1.29. The molecule has 10 nitrogen and oxygen atoms in total. The maximum Gasteiger partial charge on any atom is 0.338 e. The lowest BCUT2D eigenvalue weighted by molar-refractivity contribution is -0.139. The number of carbonyl (C=O) groups is 2. The van der Waals surface area contributed by atoms with Crippen molar-refractivity contribution < 1.29 is 18.7 Å². The monoisotopic (exact) mass is 440 g/mol. The van der Waals surface area contributed by atoms with Crippen LogP contribution in [-0.2, 0) is 9.53 Å². The topological polar surface area (TPSA) is 124 Å². The molecule has 1 atom stereocenters. The molecule has 1 aromatic carbocycles. The number of aryl methyl sites for hydroxylation is 1. The van der Waals surface area contributed by atoms with E-state index in [2.05, 4.69) is 26.2 Å². The summed E-state index contributed by atoms with van der Waals surface area (Å²) in [4.78, 5) is 25.0. The third kappa shape index (κ3) is 4.45. The molecule has 2 amide bonds. The van der Waals surface area contributed by atoms with Crippen molar-refractivity contribution in [3.8, 4) is 5.69 Å². The lowest BCUT2D eigenvalue weighted by Gasteiger charge is -2.27. The van der Waals surface area contributed by atoms with E-state index >= 15 is 0 Å². The predicted octanol–water partition coefficient (Wildman–Crippen LogP) is 2.53. The molecule has 1 aliphatic heterocycles. The number of aromatic nitrogens is 4. The number of rotatable bonds is 7. The van der Waals surface area contributed by atoms with Gasteiger partial charge < -0.3 is 19.8 Å². The largest absolute Gasteiger partial charge is 0.467 e. The first-order valence-corrected chi connectivity index (χ1v) is 10.5. The van der Waals surface area contributed by atoms with E-state index in [9.17, 15) is 9.59 Å². The second-order valence-electron chi connectivity index (χ2n) is 6.66. The van der Waals surface area contributed by atoms with Crippen LogP contribution in [0.2, 0.25) is 0 Å². The van der Waals surface area contributed by atoms with Crippen LogP contribution in [0.25, 0.3) is 5.69 Å². The van der Waals surface area contributed by atoms with Crippen molar-refractivity contribution in [1.29, 1.82) is 0 Å². The Bertz CT molecular complexity index is 1120. The summed E-state index contributed by atoms with van der Waals surface area (Å²) < 4.78 is 12.3. The van der Waals surface area contributed by atoms with Crippen LogP contribution in [0.3, 0.4) is 0 Å². The van der Waals surface area contributed by atoms with Crippen LogP contribution in [-0.4, -0.2) is 44.6 Å². The summed E-state index contributed by atoms with van der Waals surface area (Å²) in [5.41, 5.74) is 2.57. The Hall–Kier alpha value is -3.60. The molecular formula is C20H20N6O4S. The highest BCUT2D eigenvalue weighted by Gasteiger charge is 2.35. The van der Waals surface area contributed by atoms with Gasteiger partial charge in [0, 0.05) is 11.4 Å². The molecule has 0 aliphatic carbocycles. The summed E-state index contributed by atoms with van der Waals surface area (Å²) in [6.07, 6.45) is 1.48. The van der Waals surface area contributed by atoms with Crippen molar-refractivity contribution in [1.82, 2.24) is 30.8 Å². The lowest BCUT2D eigenvalue weighted by Crippen LogP contribution is -2.46.